The minimum atomic E-state index is -2.98. The molecule has 6 heteroatoms. The van der Waals surface area contributed by atoms with Crippen LogP contribution in [0.25, 0.3) is 0 Å². The summed E-state index contributed by atoms with van der Waals surface area (Å²) >= 11 is 0. The van der Waals surface area contributed by atoms with E-state index < -0.39 is 10.0 Å². The molecule has 1 saturated carbocycles. The van der Waals surface area contributed by atoms with Gasteiger partial charge in [0.25, 0.3) is 0 Å². The van der Waals surface area contributed by atoms with E-state index in [1.165, 1.54) is 0 Å². The molecule has 94 valence electrons. The fraction of sp³-hybridized carbons (Fsp3) is 1.00. The van der Waals surface area contributed by atoms with E-state index in [1.807, 2.05) is 0 Å². The molecule has 0 unspecified atom stereocenters. The summed E-state index contributed by atoms with van der Waals surface area (Å²) in [4.78, 5) is 2.25. The monoisotopic (exact) mass is 247 g/mol. The first-order valence-corrected chi connectivity index (χ1v) is 7.56. The molecule has 5 nitrogen and oxygen atoms in total. The highest BCUT2D eigenvalue weighted by Crippen LogP contribution is 2.31. The Hall–Kier alpha value is -0.170. The molecule has 1 aliphatic heterocycles. The lowest BCUT2D eigenvalue weighted by Crippen LogP contribution is -2.38. The molecular formula is C10H21N3O2S. The highest BCUT2D eigenvalue weighted by Gasteiger charge is 2.40. The van der Waals surface area contributed by atoms with E-state index in [0.29, 0.717) is 19.6 Å². The topological polar surface area (TPSA) is 66.6 Å². The van der Waals surface area contributed by atoms with Crippen LogP contribution in [-0.4, -0.2) is 62.1 Å². The Balaban J connectivity index is 1.93. The Morgan fingerprint density at radius 2 is 1.88 bits per heavy atom. The summed E-state index contributed by atoms with van der Waals surface area (Å²) in [5.41, 5.74) is 5.52. The quantitative estimate of drug-likeness (QED) is 0.723. The summed E-state index contributed by atoms with van der Waals surface area (Å²) in [6.07, 6.45) is 2.63. The van der Waals surface area contributed by atoms with Crippen LogP contribution in [0, 0.1) is 0 Å². The van der Waals surface area contributed by atoms with Gasteiger partial charge in [-0.1, -0.05) is 0 Å². The van der Waals surface area contributed by atoms with Gasteiger partial charge in [-0.05, 0) is 25.8 Å². The molecule has 1 aliphatic carbocycles. The molecule has 2 N–H and O–H groups in total. The Morgan fingerprint density at radius 1 is 1.12 bits per heavy atom. The number of rotatable bonds is 4. The van der Waals surface area contributed by atoms with Crippen molar-refractivity contribution in [2.24, 2.45) is 5.73 Å². The smallest absolute Gasteiger partial charge is 0.217 e. The van der Waals surface area contributed by atoms with E-state index in [9.17, 15) is 8.42 Å². The molecule has 0 amide bonds. The van der Waals surface area contributed by atoms with Crippen LogP contribution in [0.3, 0.4) is 0 Å². The summed E-state index contributed by atoms with van der Waals surface area (Å²) in [5.74, 6) is 0. The molecule has 0 bridgehead atoms. The Labute approximate surface area is 97.6 Å². The summed E-state index contributed by atoms with van der Waals surface area (Å²) in [6.45, 7) is 4.63. The van der Waals surface area contributed by atoms with Crippen molar-refractivity contribution in [2.45, 2.75) is 24.5 Å². The van der Waals surface area contributed by atoms with Crippen LogP contribution in [0.4, 0.5) is 0 Å². The Morgan fingerprint density at radius 3 is 2.50 bits per heavy atom. The van der Waals surface area contributed by atoms with Crippen LogP contribution >= 0.6 is 0 Å². The lowest BCUT2D eigenvalue weighted by molar-refractivity contribution is 0.294. The maximum Gasteiger partial charge on any atom is 0.217 e. The lowest BCUT2D eigenvalue weighted by Gasteiger charge is -2.21. The number of sulfonamides is 1. The molecule has 0 aromatic heterocycles. The van der Waals surface area contributed by atoms with Crippen LogP contribution < -0.4 is 5.73 Å². The molecular weight excluding hydrogens is 226 g/mol. The zero-order valence-electron chi connectivity index (χ0n) is 9.64. The van der Waals surface area contributed by atoms with Gasteiger partial charge in [0.1, 0.15) is 0 Å². The van der Waals surface area contributed by atoms with Gasteiger partial charge >= 0.3 is 0 Å². The highest BCUT2D eigenvalue weighted by molar-refractivity contribution is 7.90. The van der Waals surface area contributed by atoms with Gasteiger partial charge in [-0.3, -0.25) is 0 Å². The van der Waals surface area contributed by atoms with Gasteiger partial charge in [0.15, 0.2) is 0 Å². The van der Waals surface area contributed by atoms with Crippen molar-refractivity contribution in [3.05, 3.63) is 0 Å². The van der Waals surface area contributed by atoms with Crippen LogP contribution in [0.2, 0.25) is 0 Å². The van der Waals surface area contributed by atoms with E-state index in [1.54, 1.807) is 4.31 Å². The van der Waals surface area contributed by atoms with Crippen LogP contribution in [0.5, 0.6) is 0 Å². The molecule has 1 saturated heterocycles. The predicted octanol–water partition coefficient (Wildman–Crippen LogP) is -0.555. The van der Waals surface area contributed by atoms with Crippen LogP contribution in [-0.2, 0) is 10.0 Å². The SMILES string of the molecule is NCCN1CCCN(S(=O)(=O)C2CC2)CC1. The van der Waals surface area contributed by atoms with E-state index in [0.717, 1.165) is 38.9 Å². The Kier molecular flexibility index (Phi) is 3.84. The number of nitrogens with zero attached hydrogens (tertiary/aromatic N) is 2. The molecule has 1 heterocycles. The Bertz CT molecular complexity index is 327. The summed E-state index contributed by atoms with van der Waals surface area (Å²) in [7, 11) is -2.98. The number of nitrogens with two attached hydrogens (primary N) is 1. The average molecular weight is 247 g/mol. The first-order chi connectivity index (χ1) is 7.64. The third-order valence-electron chi connectivity index (χ3n) is 3.30. The fourth-order valence-electron chi connectivity index (χ4n) is 2.18. The largest absolute Gasteiger partial charge is 0.329 e. The van der Waals surface area contributed by atoms with Crippen molar-refractivity contribution in [2.75, 3.05) is 39.3 Å². The van der Waals surface area contributed by atoms with Crippen LogP contribution in [0.1, 0.15) is 19.3 Å². The molecule has 2 fully saturated rings. The predicted molar refractivity (Wildman–Crippen MR) is 63.6 cm³/mol. The summed E-state index contributed by atoms with van der Waals surface area (Å²) < 4.78 is 25.8. The maximum atomic E-state index is 12.0. The third-order valence-corrected chi connectivity index (χ3v) is 5.70. The van der Waals surface area contributed by atoms with E-state index in [2.05, 4.69) is 4.90 Å². The first kappa shape index (κ1) is 12.3. The van der Waals surface area contributed by atoms with Gasteiger partial charge in [0, 0.05) is 32.7 Å². The van der Waals surface area contributed by atoms with Crippen molar-refractivity contribution >= 4 is 10.0 Å². The summed E-state index contributed by atoms with van der Waals surface area (Å²) in [5, 5.41) is -0.0754. The molecule has 2 aliphatic rings. The molecule has 2 rings (SSSR count). The van der Waals surface area contributed by atoms with Crippen molar-refractivity contribution in [1.29, 1.82) is 0 Å². The minimum absolute atomic E-state index is 0.0754. The second kappa shape index (κ2) is 5.00. The molecule has 0 aromatic rings. The lowest BCUT2D eigenvalue weighted by atomic mass is 10.4. The van der Waals surface area contributed by atoms with Crippen molar-refractivity contribution < 1.29 is 8.42 Å². The first-order valence-electron chi connectivity index (χ1n) is 6.06. The molecule has 0 spiro atoms. The van der Waals surface area contributed by atoms with Gasteiger partial charge in [-0.15, -0.1) is 0 Å². The molecule has 0 radical (unpaired) electrons. The van der Waals surface area contributed by atoms with Crippen molar-refractivity contribution in [1.82, 2.24) is 9.21 Å². The molecule has 0 aromatic carbocycles. The van der Waals surface area contributed by atoms with E-state index in [-0.39, 0.29) is 5.25 Å². The number of hydrogen-bond donors (Lipinski definition) is 1. The zero-order chi connectivity index (χ0) is 11.6. The highest BCUT2D eigenvalue weighted by atomic mass is 32.2. The van der Waals surface area contributed by atoms with Crippen molar-refractivity contribution in [3.63, 3.8) is 0 Å². The summed E-state index contributed by atoms with van der Waals surface area (Å²) in [6, 6.07) is 0. The normalized spacial score (nSPS) is 25.6. The molecule has 0 atom stereocenters. The van der Waals surface area contributed by atoms with E-state index in [4.69, 9.17) is 5.73 Å². The molecule has 16 heavy (non-hydrogen) atoms. The van der Waals surface area contributed by atoms with Gasteiger partial charge in [0.2, 0.25) is 10.0 Å². The van der Waals surface area contributed by atoms with Gasteiger partial charge in [0.05, 0.1) is 5.25 Å². The second-order valence-corrected chi connectivity index (χ2v) is 6.84. The third kappa shape index (κ3) is 2.74. The standard InChI is InChI=1S/C10H21N3O2S/c11-4-7-12-5-1-6-13(9-8-12)16(14,15)10-2-3-10/h10H,1-9,11H2. The zero-order valence-corrected chi connectivity index (χ0v) is 10.5. The number of hydrogen-bond acceptors (Lipinski definition) is 4. The van der Waals surface area contributed by atoms with Crippen LogP contribution in [0.15, 0.2) is 0 Å². The van der Waals surface area contributed by atoms with Crippen molar-refractivity contribution in [3.8, 4) is 0 Å². The average Bonchev–Trinajstić information content (AvgIpc) is 3.06. The fourth-order valence-corrected chi connectivity index (χ4v) is 4.06. The minimum Gasteiger partial charge on any atom is -0.329 e. The maximum absolute atomic E-state index is 12.0. The van der Waals surface area contributed by atoms with Gasteiger partial charge in [-0.25, -0.2) is 12.7 Å². The second-order valence-electron chi connectivity index (χ2n) is 4.63. The van der Waals surface area contributed by atoms with E-state index >= 15 is 0 Å². The van der Waals surface area contributed by atoms with Gasteiger partial charge in [-0.2, -0.15) is 0 Å². The van der Waals surface area contributed by atoms with Gasteiger partial charge < -0.3 is 10.6 Å².